The van der Waals surface area contributed by atoms with Crippen LogP contribution in [0.25, 0.3) is 0 Å². The van der Waals surface area contributed by atoms with Gasteiger partial charge in [0.05, 0.1) is 5.33 Å². The highest BCUT2D eigenvalue weighted by Gasteiger charge is 2.00. The zero-order valence-electron chi connectivity index (χ0n) is 7.33. The number of carbonyl (C=O) groups excluding carboxylic acids is 1. The highest BCUT2D eigenvalue weighted by Crippen LogP contribution is 1.88. The van der Waals surface area contributed by atoms with Gasteiger partial charge in [0.25, 0.3) is 0 Å². The van der Waals surface area contributed by atoms with Crippen molar-refractivity contribution in [2.24, 2.45) is 7.05 Å². The largest absolute Gasteiger partial charge is 0.355 e. The molecule has 5 nitrogen and oxygen atoms in total. The van der Waals surface area contributed by atoms with E-state index in [9.17, 15) is 4.79 Å². The van der Waals surface area contributed by atoms with Gasteiger partial charge in [-0.2, -0.15) is 5.10 Å². The molecular weight excluding hydrogens is 236 g/mol. The Bertz CT molecular complexity index is 286. The van der Waals surface area contributed by atoms with Crippen LogP contribution in [0.1, 0.15) is 5.82 Å². The summed E-state index contributed by atoms with van der Waals surface area (Å²) in [5.41, 5.74) is 0. The fraction of sp³-hybridized carbons (Fsp3) is 0.571. The lowest BCUT2D eigenvalue weighted by Crippen LogP contribution is -2.26. The smallest absolute Gasteiger partial charge is 0.230 e. The third-order valence-electron chi connectivity index (χ3n) is 1.44. The first-order valence-electron chi connectivity index (χ1n) is 3.89. The lowest BCUT2D eigenvalue weighted by molar-refractivity contribution is -0.118. The topological polar surface area (TPSA) is 59.8 Å². The molecule has 1 aromatic heterocycles. The van der Waals surface area contributed by atoms with Crippen LogP contribution in [0.15, 0.2) is 6.33 Å². The molecule has 0 radical (unpaired) electrons. The maximum absolute atomic E-state index is 10.8. The Morgan fingerprint density at radius 2 is 2.54 bits per heavy atom. The van der Waals surface area contributed by atoms with Gasteiger partial charge in [-0.05, 0) is 0 Å². The molecule has 1 rings (SSSR count). The molecule has 0 saturated heterocycles. The van der Waals surface area contributed by atoms with Crippen LogP contribution in [-0.4, -0.2) is 32.5 Å². The van der Waals surface area contributed by atoms with E-state index in [-0.39, 0.29) is 5.91 Å². The van der Waals surface area contributed by atoms with Crippen molar-refractivity contribution in [2.75, 3.05) is 11.9 Å². The lowest BCUT2D eigenvalue weighted by Gasteiger charge is -1.98. The molecule has 0 fully saturated rings. The minimum atomic E-state index is -0.0177. The van der Waals surface area contributed by atoms with E-state index in [2.05, 4.69) is 31.3 Å². The SMILES string of the molecule is Cn1cnc(CCNC(=O)CBr)n1. The minimum absolute atomic E-state index is 0.0177. The van der Waals surface area contributed by atoms with Gasteiger partial charge in [0, 0.05) is 20.0 Å². The third kappa shape index (κ3) is 3.54. The predicted octanol–water partition coefficient (Wildman–Crippen LogP) is -0.131. The summed E-state index contributed by atoms with van der Waals surface area (Å²) in [5.74, 6) is 0.730. The van der Waals surface area contributed by atoms with E-state index >= 15 is 0 Å². The van der Waals surface area contributed by atoms with Crippen LogP contribution in [-0.2, 0) is 18.3 Å². The zero-order valence-corrected chi connectivity index (χ0v) is 8.91. The van der Waals surface area contributed by atoms with Gasteiger partial charge in [0.15, 0.2) is 5.82 Å². The van der Waals surface area contributed by atoms with Gasteiger partial charge in [-0.15, -0.1) is 0 Å². The molecule has 1 amide bonds. The molecule has 6 heteroatoms. The molecule has 1 heterocycles. The first kappa shape index (κ1) is 10.2. The van der Waals surface area contributed by atoms with Crippen molar-refractivity contribution in [3.8, 4) is 0 Å². The molecule has 0 aliphatic rings. The van der Waals surface area contributed by atoms with Gasteiger partial charge < -0.3 is 5.32 Å². The molecular formula is C7H11BrN4O. The molecule has 0 aliphatic heterocycles. The maximum Gasteiger partial charge on any atom is 0.230 e. The van der Waals surface area contributed by atoms with E-state index in [0.29, 0.717) is 18.3 Å². The van der Waals surface area contributed by atoms with Crippen LogP contribution in [0, 0.1) is 0 Å². The van der Waals surface area contributed by atoms with Crippen LogP contribution < -0.4 is 5.32 Å². The number of nitrogens with one attached hydrogen (secondary N) is 1. The average Bonchev–Trinajstić information content (AvgIpc) is 2.51. The Morgan fingerprint density at radius 1 is 1.77 bits per heavy atom. The fourth-order valence-electron chi connectivity index (χ4n) is 0.859. The fourth-order valence-corrected chi connectivity index (χ4v) is 1.06. The molecule has 0 saturated carbocycles. The second-order valence-electron chi connectivity index (χ2n) is 2.57. The van der Waals surface area contributed by atoms with Crippen molar-refractivity contribution in [2.45, 2.75) is 6.42 Å². The third-order valence-corrected chi connectivity index (χ3v) is 1.95. The average molecular weight is 247 g/mol. The summed E-state index contributed by atoms with van der Waals surface area (Å²) < 4.78 is 1.64. The molecule has 1 aromatic rings. The highest BCUT2D eigenvalue weighted by atomic mass is 79.9. The Kier molecular flexibility index (Phi) is 3.88. The number of aromatic nitrogens is 3. The number of nitrogens with zero attached hydrogens (tertiary/aromatic N) is 3. The molecule has 0 unspecified atom stereocenters. The standard InChI is InChI=1S/C7H11BrN4O/c1-12-5-10-6(11-12)2-3-9-7(13)4-8/h5H,2-4H2,1H3,(H,9,13). The van der Waals surface area contributed by atoms with Crippen molar-refractivity contribution >= 4 is 21.8 Å². The van der Waals surface area contributed by atoms with Crippen molar-refractivity contribution < 1.29 is 4.79 Å². The first-order valence-corrected chi connectivity index (χ1v) is 5.01. The van der Waals surface area contributed by atoms with E-state index in [0.717, 1.165) is 5.82 Å². The Hall–Kier alpha value is -0.910. The van der Waals surface area contributed by atoms with Crippen molar-refractivity contribution in [1.29, 1.82) is 0 Å². The minimum Gasteiger partial charge on any atom is -0.355 e. The Morgan fingerprint density at radius 3 is 3.08 bits per heavy atom. The van der Waals surface area contributed by atoms with E-state index in [1.54, 1.807) is 11.0 Å². The number of halogens is 1. The van der Waals surface area contributed by atoms with Crippen LogP contribution in [0.4, 0.5) is 0 Å². The zero-order chi connectivity index (χ0) is 9.68. The molecule has 72 valence electrons. The Balaban J connectivity index is 2.24. The summed E-state index contributed by atoms with van der Waals surface area (Å²) in [6.07, 6.45) is 2.31. The van der Waals surface area contributed by atoms with Crippen molar-refractivity contribution in [1.82, 2.24) is 20.1 Å². The van der Waals surface area contributed by atoms with Crippen LogP contribution in [0.5, 0.6) is 0 Å². The molecule has 13 heavy (non-hydrogen) atoms. The first-order chi connectivity index (χ1) is 6.22. The quantitative estimate of drug-likeness (QED) is 0.754. The number of hydrogen-bond acceptors (Lipinski definition) is 3. The molecule has 0 atom stereocenters. The van der Waals surface area contributed by atoms with E-state index < -0.39 is 0 Å². The second kappa shape index (κ2) is 4.96. The summed E-state index contributed by atoms with van der Waals surface area (Å²) in [6.45, 7) is 0.578. The number of carbonyl (C=O) groups is 1. The summed E-state index contributed by atoms with van der Waals surface area (Å²) in [4.78, 5) is 14.8. The highest BCUT2D eigenvalue weighted by molar-refractivity contribution is 9.09. The van der Waals surface area contributed by atoms with Gasteiger partial charge in [-0.3, -0.25) is 9.48 Å². The normalized spacial score (nSPS) is 10.0. The molecule has 0 spiro atoms. The van der Waals surface area contributed by atoms with Crippen molar-refractivity contribution in [3.05, 3.63) is 12.2 Å². The van der Waals surface area contributed by atoms with Crippen molar-refractivity contribution in [3.63, 3.8) is 0 Å². The lowest BCUT2D eigenvalue weighted by atomic mass is 10.4. The summed E-state index contributed by atoms with van der Waals surface area (Å²) in [7, 11) is 1.81. The Labute approximate surface area is 84.7 Å². The maximum atomic E-state index is 10.8. The predicted molar refractivity (Wildman–Crippen MR) is 51.5 cm³/mol. The van der Waals surface area contributed by atoms with E-state index in [1.807, 2.05) is 7.05 Å². The van der Waals surface area contributed by atoms with Gasteiger partial charge in [-0.25, -0.2) is 4.98 Å². The molecule has 1 N–H and O–H groups in total. The number of rotatable bonds is 4. The monoisotopic (exact) mass is 246 g/mol. The van der Waals surface area contributed by atoms with E-state index in [4.69, 9.17) is 0 Å². The van der Waals surface area contributed by atoms with Crippen LogP contribution in [0.3, 0.4) is 0 Å². The second-order valence-corrected chi connectivity index (χ2v) is 3.13. The van der Waals surface area contributed by atoms with Gasteiger partial charge >= 0.3 is 0 Å². The number of hydrogen-bond donors (Lipinski definition) is 1. The van der Waals surface area contributed by atoms with Crippen LogP contribution >= 0.6 is 15.9 Å². The number of alkyl halides is 1. The summed E-state index contributed by atoms with van der Waals surface area (Å²) >= 11 is 3.06. The number of amides is 1. The molecule has 0 aromatic carbocycles. The molecule has 0 aliphatic carbocycles. The summed E-state index contributed by atoms with van der Waals surface area (Å²) in [6, 6.07) is 0. The summed E-state index contributed by atoms with van der Waals surface area (Å²) in [5, 5.41) is 7.13. The van der Waals surface area contributed by atoms with Gasteiger partial charge in [0.1, 0.15) is 6.33 Å². The van der Waals surface area contributed by atoms with Crippen LogP contribution in [0.2, 0.25) is 0 Å². The van der Waals surface area contributed by atoms with E-state index in [1.165, 1.54) is 0 Å². The molecule has 0 bridgehead atoms. The van der Waals surface area contributed by atoms with Gasteiger partial charge in [-0.1, -0.05) is 15.9 Å². The number of aryl methyl sites for hydroxylation is 1. The van der Waals surface area contributed by atoms with Gasteiger partial charge in [0.2, 0.25) is 5.91 Å².